The van der Waals surface area contributed by atoms with E-state index in [1.54, 1.807) is 18.0 Å². The van der Waals surface area contributed by atoms with Crippen molar-refractivity contribution in [2.24, 2.45) is 11.3 Å². The number of hydrogen-bond acceptors (Lipinski definition) is 6. The number of amides is 1. The topological polar surface area (TPSA) is 114 Å². The van der Waals surface area contributed by atoms with Crippen LogP contribution in [0.3, 0.4) is 0 Å². The molecule has 9 nitrogen and oxygen atoms in total. The van der Waals surface area contributed by atoms with E-state index in [9.17, 15) is 10.1 Å². The van der Waals surface area contributed by atoms with Crippen molar-refractivity contribution in [3.8, 4) is 17.6 Å². The van der Waals surface area contributed by atoms with Gasteiger partial charge in [0.2, 0.25) is 5.91 Å². The van der Waals surface area contributed by atoms with Crippen LogP contribution in [0.25, 0.3) is 22.6 Å². The molecule has 1 amide bonds. The molecule has 2 N–H and O–H groups in total. The number of nitrogens with zero attached hydrogens (tertiary/aromatic N) is 5. The zero-order chi connectivity index (χ0) is 23.6. The van der Waals surface area contributed by atoms with Crippen molar-refractivity contribution < 1.29 is 9.53 Å². The fourth-order valence-electron chi connectivity index (χ4n) is 5.70. The lowest BCUT2D eigenvalue weighted by Crippen LogP contribution is -2.50. The lowest BCUT2D eigenvalue weighted by Gasteiger charge is -2.33. The normalized spacial score (nSPS) is 24.8. The molecule has 0 spiro atoms. The van der Waals surface area contributed by atoms with E-state index in [1.165, 1.54) is 17.7 Å². The maximum Gasteiger partial charge on any atom is 0.243 e. The molecule has 6 rings (SSSR count). The lowest BCUT2D eigenvalue weighted by atomic mass is 9.88. The Hall–Kier alpha value is -3.22. The number of fused-ring (bicyclic) bond motifs is 3. The Bertz CT molecular complexity index is 1330. The number of carbonyl (C=O) groups excluding carboxylic acids is 1. The Morgan fingerprint density at radius 1 is 1.38 bits per heavy atom. The molecule has 3 aromatic rings. The van der Waals surface area contributed by atoms with Crippen LogP contribution in [0.4, 0.5) is 5.69 Å². The molecule has 1 saturated heterocycles. The van der Waals surface area contributed by atoms with Crippen molar-refractivity contribution in [1.29, 1.82) is 5.26 Å². The zero-order valence-electron chi connectivity index (χ0n) is 19.8. The molecule has 2 fully saturated rings. The first-order chi connectivity index (χ1) is 16.4. The van der Waals surface area contributed by atoms with Gasteiger partial charge in [-0.25, -0.2) is 4.98 Å². The predicted octanol–water partition coefficient (Wildman–Crippen LogP) is 2.63. The number of aromatic nitrogens is 4. The van der Waals surface area contributed by atoms with Crippen molar-refractivity contribution in [3.63, 3.8) is 0 Å². The number of ether oxygens (including phenoxy) is 1. The van der Waals surface area contributed by atoms with Gasteiger partial charge in [-0.1, -0.05) is 6.92 Å². The van der Waals surface area contributed by atoms with Gasteiger partial charge in [0, 0.05) is 31.4 Å². The highest BCUT2D eigenvalue weighted by molar-refractivity contribution is 5.99. The van der Waals surface area contributed by atoms with Gasteiger partial charge < -0.3 is 14.6 Å². The minimum absolute atomic E-state index is 0.0534. The number of hydrogen-bond donors (Lipinski definition) is 2. The summed E-state index contributed by atoms with van der Waals surface area (Å²) >= 11 is 0. The van der Waals surface area contributed by atoms with Crippen LogP contribution in [0.15, 0.2) is 12.1 Å². The van der Waals surface area contributed by atoms with Crippen LogP contribution in [0, 0.1) is 22.7 Å². The minimum atomic E-state index is -0.297. The Balaban J connectivity index is 1.32. The number of imidazole rings is 1. The number of anilines is 1. The average Bonchev–Trinajstić information content (AvgIpc) is 3.15. The molecule has 1 aromatic carbocycles. The third-order valence-corrected chi connectivity index (χ3v) is 8.11. The molecule has 3 heterocycles. The second kappa shape index (κ2) is 7.65. The summed E-state index contributed by atoms with van der Waals surface area (Å²) < 4.78 is 5.41. The number of carbonyl (C=O) groups is 1. The molecule has 2 aromatic heterocycles. The average molecular weight is 460 g/mol. The molecule has 1 aliphatic heterocycles. The number of nitriles is 1. The summed E-state index contributed by atoms with van der Waals surface area (Å²) in [7, 11) is 1.73. The van der Waals surface area contributed by atoms with E-state index in [0.717, 1.165) is 43.1 Å². The summed E-state index contributed by atoms with van der Waals surface area (Å²) in [4.78, 5) is 25.1. The van der Waals surface area contributed by atoms with Crippen LogP contribution in [0.5, 0.6) is 0 Å². The van der Waals surface area contributed by atoms with Crippen LogP contribution in [0.1, 0.15) is 37.1 Å². The Morgan fingerprint density at radius 3 is 2.94 bits per heavy atom. The van der Waals surface area contributed by atoms with Gasteiger partial charge in [-0.3, -0.25) is 14.8 Å². The predicted molar refractivity (Wildman–Crippen MR) is 127 cm³/mol. The van der Waals surface area contributed by atoms with Crippen LogP contribution in [-0.4, -0.2) is 70.4 Å². The zero-order valence-corrected chi connectivity index (χ0v) is 19.8. The minimum Gasteiger partial charge on any atom is -0.379 e. The molecular formula is C25H29N7O2. The van der Waals surface area contributed by atoms with Crippen molar-refractivity contribution in [2.75, 3.05) is 38.3 Å². The van der Waals surface area contributed by atoms with Crippen LogP contribution in [0.2, 0.25) is 0 Å². The van der Waals surface area contributed by atoms with E-state index in [2.05, 4.69) is 33.1 Å². The van der Waals surface area contributed by atoms with Crippen molar-refractivity contribution in [2.45, 2.75) is 39.2 Å². The van der Waals surface area contributed by atoms with Crippen LogP contribution >= 0.6 is 0 Å². The second-order valence-corrected chi connectivity index (χ2v) is 10.3. The quantitative estimate of drug-likeness (QED) is 0.620. The van der Waals surface area contributed by atoms with Crippen molar-refractivity contribution in [3.05, 3.63) is 29.0 Å². The van der Waals surface area contributed by atoms with Gasteiger partial charge >= 0.3 is 0 Å². The first-order valence-corrected chi connectivity index (χ1v) is 12.0. The third kappa shape index (κ3) is 3.32. The summed E-state index contributed by atoms with van der Waals surface area (Å²) in [5.74, 6) is 1.38. The van der Waals surface area contributed by atoms with E-state index < -0.39 is 0 Å². The number of aromatic amines is 2. The molecular weight excluding hydrogens is 430 g/mol. The fraction of sp³-hybridized carbons (Fsp3) is 0.520. The fourth-order valence-corrected chi connectivity index (χ4v) is 5.70. The first-order valence-electron chi connectivity index (χ1n) is 12.0. The smallest absolute Gasteiger partial charge is 0.243 e. The van der Waals surface area contributed by atoms with E-state index in [-0.39, 0.29) is 11.9 Å². The monoisotopic (exact) mass is 459 g/mol. The van der Waals surface area contributed by atoms with Gasteiger partial charge in [0.15, 0.2) is 5.82 Å². The highest BCUT2D eigenvalue weighted by Crippen LogP contribution is 2.59. The van der Waals surface area contributed by atoms with E-state index in [4.69, 9.17) is 9.72 Å². The maximum atomic E-state index is 13.3. The van der Waals surface area contributed by atoms with Gasteiger partial charge in [-0.05, 0) is 49.7 Å². The van der Waals surface area contributed by atoms with Gasteiger partial charge in [-0.2, -0.15) is 10.4 Å². The molecule has 176 valence electrons. The highest BCUT2D eigenvalue weighted by atomic mass is 16.5. The molecule has 34 heavy (non-hydrogen) atoms. The highest BCUT2D eigenvalue weighted by Gasteiger charge is 2.53. The van der Waals surface area contributed by atoms with Crippen LogP contribution in [-0.2, 0) is 22.4 Å². The molecule has 9 heteroatoms. The summed E-state index contributed by atoms with van der Waals surface area (Å²) in [5.41, 5.74) is 6.25. The number of rotatable bonds is 4. The van der Waals surface area contributed by atoms with Crippen LogP contribution < -0.4 is 4.90 Å². The maximum absolute atomic E-state index is 13.3. The van der Waals surface area contributed by atoms with Crippen molar-refractivity contribution >= 4 is 22.6 Å². The largest absolute Gasteiger partial charge is 0.379 e. The lowest BCUT2D eigenvalue weighted by molar-refractivity contribution is -0.124. The summed E-state index contributed by atoms with van der Waals surface area (Å²) in [6.45, 7) is 6.97. The molecule has 0 bridgehead atoms. The standard InChI is InChI=1S/C25H29N7O2/c1-14(32-4-6-34-7-5-32)24(33)31(3)21-10-19-18(8-15(21)13-26)27-23(28-19)22-17-9-16-11-25(16,2)12-20(17)29-30-22/h8,10,14,16H,4-7,9,11-12H2,1-3H3,(H,27,28)(H,29,30)/t14?,16-,25-/m1/s1. The Morgan fingerprint density at radius 2 is 2.18 bits per heavy atom. The summed E-state index contributed by atoms with van der Waals surface area (Å²) in [5, 5.41) is 17.7. The van der Waals surface area contributed by atoms with Gasteiger partial charge in [0.05, 0.1) is 41.5 Å². The number of likely N-dealkylation sites (N-methyl/N-ethyl adjacent to an activating group) is 1. The van der Waals surface area contributed by atoms with E-state index >= 15 is 0 Å². The number of benzene rings is 1. The van der Waals surface area contributed by atoms with Gasteiger partial charge in [0.1, 0.15) is 11.8 Å². The Kier molecular flexibility index (Phi) is 4.80. The number of nitrogens with one attached hydrogen (secondary N) is 2. The molecule has 2 aliphatic carbocycles. The number of H-pyrrole nitrogens is 2. The Labute approximate surface area is 198 Å². The summed E-state index contributed by atoms with van der Waals surface area (Å²) in [6, 6.07) is 5.57. The SMILES string of the molecule is CC(C(=O)N(C)c1cc2nc(-c3n[nH]c4c3C[C@@H]3C[C@]3(C)C4)[nH]c2cc1C#N)N1CCOCC1. The molecule has 0 radical (unpaired) electrons. The molecule has 1 saturated carbocycles. The van der Waals surface area contributed by atoms with E-state index in [0.29, 0.717) is 41.2 Å². The first kappa shape index (κ1) is 21.3. The summed E-state index contributed by atoms with van der Waals surface area (Å²) in [6.07, 6.45) is 3.34. The molecule has 3 atom stereocenters. The van der Waals surface area contributed by atoms with Gasteiger partial charge in [0.25, 0.3) is 0 Å². The van der Waals surface area contributed by atoms with Crippen molar-refractivity contribution in [1.82, 2.24) is 25.1 Å². The molecule has 3 aliphatic rings. The third-order valence-electron chi connectivity index (χ3n) is 8.11. The van der Waals surface area contributed by atoms with E-state index in [1.807, 2.05) is 13.0 Å². The van der Waals surface area contributed by atoms with Gasteiger partial charge in [-0.15, -0.1) is 0 Å². The molecule has 1 unspecified atom stereocenters. The number of morpholine rings is 1. The second-order valence-electron chi connectivity index (χ2n) is 10.3.